The number of hydrogen-bond acceptors (Lipinski definition) is 2. The second-order valence-electron chi connectivity index (χ2n) is 3.23. The van der Waals surface area contributed by atoms with Gasteiger partial charge in [0.1, 0.15) is 0 Å². The minimum Gasteiger partial charge on any atom is -0.465 e. The molecule has 1 unspecified atom stereocenters. The molecule has 1 aromatic rings. The molecule has 0 saturated carbocycles. The molecular formula is C10H12BrNO3. The van der Waals surface area contributed by atoms with E-state index in [0.717, 1.165) is 9.37 Å². The van der Waals surface area contributed by atoms with Crippen LogP contribution in [0.1, 0.15) is 11.7 Å². The van der Waals surface area contributed by atoms with Crippen molar-refractivity contribution in [2.75, 3.05) is 13.6 Å². The fraction of sp³-hybridized carbons (Fsp3) is 0.300. The van der Waals surface area contributed by atoms with Crippen LogP contribution in [0, 0.1) is 0 Å². The first-order valence-corrected chi connectivity index (χ1v) is 5.17. The van der Waals surface area contributed by atoms with Gasteiger partial charge >= 0.3 is 6.09 Å². The van der Waals surface area contributed by atoms with Crippen molar-refractivity contribution >= 4 is 22.0 Å². The molecule has 4 nitrogen and oxygen atoms in total. The standard InChI is InChI=1S/C10H12BrNO3/c1-12(10(14)15)6-9(13)7-2-4-8(11)5-3-7/h2-5,9,13H,6H2,1H3,(H,14,15). The largest absolute Gasteiger partial charge is 0.465 e. The molecule has 0 aliphatic carbocycles. The predicted octanol–water partition coefficient (Wildman–Crippen LogP) is 2.09. The first-order valence-electron chi connectivity index (χ1n) is 4.38. The number of aliphatic hydroxyl groups is 1. The Kier molecular flexibility index (Phi) is 4.11. The average Bonchev–Trinajstić information content (AvgIpc) is 2.18. The van der Waals surface area contributed by atoms with Crippen LogP contribution in [0.15, 0.2) is 28.7 Å². The van der Waals surface area contributed by atoms with E-state index in [9.17, 15) is 9.90 Å². The molecule has 0 aliphatic heterocycles. The van der Waals surface area contributed by atoms with Gasteiger partial charge in [-0.15, -0.1) is 0 Å². The van der Waals surface area contributed by atoms with Crippen LogP contribution < -0.4 is 0 Å². The molecule has 0 fully saturated rings. The highest BCUT2D eigenvalue weighted by molar-refractivity contribution is 9.10. The zero-order chi connectivity index (χ0) is 11.4. The van der Waals surface area contributed by atoms with E-state index in [-0.39, 0.29) is 6.54 Å². The fourth-order valence-corrected chi connectivity index (χ4v) is 1.39. The summed E-state index contributed by atoms with van der Waals surface area (Å²) < 4.78 is 0.921. The summed E-state index contributed by atoms with van der Waals surface area (Å²) in [7, 11) is 1.42. The number of hydrogen-bond donors (Lipinski definition) is 2. The molecule has 5 heteroatoms. The maximum atomic E-state index is 10.5. The van der Waals surface area contributed by atoms with Gasteiger partial charge in [-0.2, -0.15) is 0 Å². The molecule has 0 aliphatic rings. The molecule has 1 aromatic carbocycles. The van der Waals surface area contributed by atoms with Gasteiger partial charge in [0, 0.05) is 11.5 Å². The van der Waals surface area contributed by atoms with E-state index in [0.29, 0.717) is 5.56 Å². The topological polar surface area (TPSA) is 60.8 Å². The van der Waals surface area contributed by atoms with E-state index in [1.54, 1.807) is 24.3 Å². The fourth-order valence-electron chi connectivity index (χ4n) is 1.13. The van der Waals surface area contributed by atoms with Gasteiger partial charge in [0.25, 0.3) is 0 Å². The Hall–Kier alpha value is -1.07. The zero-order valence-corrected chi connectivity index (χ0v) is 9.81. The number of nitrogens with zero attached hydrogens (tertiary/aromatic N) is 1. The second kappa shape index (κ2) is 5.14. The van der Waals surface area contributed by atoms with Crippen molar-refractivity contribution in [3.63, 3.8) is 0 Å². The Morgan fingerprint density at radius 1 is 1.47 bits per heavy atom. The molecule has 0 bridgehead atoms. The van der Waals surface area contributed by atoms with Crippen LogP contribution in [-0.2, 0) is 0 Å². The van der Waals surface area contributed by atoms with Crippen molar-refractivity contribution < 1.29 is 15.0 Å². The monoisotopic (exact) mass is 273 g/mol. The lowest BCUT2D eigenvalue weighted by molar-refractivity contribution is 0.108. The molecule has 0 heterocycles. The van der Waals surface area contributed by atoms with Gasteiger partial charge in [-0.1, -0.05) is 28.1 Å². The molecule has 0 spiro atoms. The number of rotatable bonds is 3. The van der Waals surface area contributed by atoms with Crippen LogP contribution in [0.5, 0.6) is 0 Å². The van der Waals surface area contributed by atoms with E-state index < -0.39 is 12.2 Å². The summed E-state index contributed by atoms with van der Waals surface area (Å²) in [6.45, 7) is 0.0664. The Bertz CT molecular complexity index is 339. The summed E-state index contributed by atoms with van der Waals surface area (Å²) in [5, 5.41) is 18.3. The van der Waals surface area contributed by atoms with Crippen LogP contribution in [0.25, 0.3) is 0 Å². The zero-order valence-electron chi connectivity index (χ0n) is 8.22. The van der Waals surface area contributed by atoms with E-state index in [1.807, 2.05) is 0 Å². The first-order chi connectivity index (χ1) is 7.00. The Balaban J connectivity index is 2.64. The summed E-state index contributed by atoms with van der Waals surface area (Å²) in [6.07, 6.45) is -1.84. The molecule has 1 amide bonds. The Morgan fingerprint density at radius 3 is 2.47 bits per heavy atom. The summed E-state index contributed by atoms with van der Waals surface area (Å²) in [5.41, 5.74) is 0.700. The SMILES string of the molecule is CN(CC(O)c1ccc(Br)cc1)C(=O)O. The number of halogens is 1. The molecule has 2 N–H and O–H groups in total. The van der Waals surface area contributed by atoms with E-state index in [2.05, 4.69) is 15.9 Å². The van der Waals surface area contributed by atoms with Gasteiger partial charge in [-0.3, -0.25) is 0 Å². The number of likely N-dealkylation sites (N-methyl/N-ethyl adjacent to an activating group) is 1. The van der Waals surface area contributed by atoms with Crippen LogP contribution in [0.4, 0.5) is 4.79 Å². The van der Waals surface area contributed by atoms with Crippen LogP contribution >= 0.6 is 15.9 Å². The maximum Gasteiger partial charge on any atom is 0.407 e. The van der Waals surface area contributed by atoms with Gasteiger partial charge in [0.05, 0.1) is 12.6 Å². The van der Waals surface area contributed by atoms with Crippen molar-refractivity contribution in [2.24, 2.45) is 0 Å². The summed E-state index contributed by atoms with van der Waals surface area (Å²) in [6, 6.07) is 7.12. The second-order valence-corrected chi connectivity index (χ2v) is 4.15. The Labute approximate surface area is 96.3 Å². The average molecular weight is 274 g/mol. The minimum atomic E-state index is -1.05. The van der Waals surface area contributed by atoms with Crippen molar-refractivity contribution in [3.8, 4) is 0 Å². The lowest BCUT2D eigenvalue weighted by Gasteiger charge is -2.17. The molecule has 0 aromatic heterocycles. The third-order valence-electron chi connectivity index (χ3n) is 2.03. The van der Waals surface area contributed by atoms with Gasteiger partial charge in [0.2, 0.25) is 0 Å². The maximum absolute atomic E-state index is 10.5. The molecule has 1 rings (SSSR count). The number of amides is 1. The van der Waals surface area contributed by atoms with E-state index in [1.165, 1.54) is 7.05 Å². The van der Waals surface area contributed by atoms with E-state index >= 15 is 0 Å². The van der Waals surface area contributed by atoms with Gasteiger partial charge in [-0.25, -0.2) is 4.79 Å². The summed E-state index contributed by atoms with van der Waals surface area (Å²) in [4.78, 5) is 11.6. The third kappa shape index (κ3) is 3.53. The Morgan fingerprint density at radius 2 is 2.00 bits per heavy atom. The van der Waals surface area contributed by atoms with Crippen molar-refractivity contribution in [1.29, 1.82) is 0 Å². The lowest BCUT2D eigenvalue weighted by atomic mass is 10.1. The molecule has 1 atom stereocenters. The molecule has 82 valence electrons. The van der Waals surface area contributed by atoms with Crippen molar-refractivity contribution in [3.05, 3.63) is 34.3 Å². The third-order valence-corrected chi connectivity index (χ3v) is 2.56. The lowest BCUT2D eigenvalue weighted by Crippen LogP contribution is -2.29. The van der Waals surface area contributed by atoms with Gasteiger partial charge in [0.15, 0.2) is 0 Å². The quantitative estimate of drug-likeness (QED) is 0.887. The normalized spacial score (nSPS) is 12.2. The number of carbonyl (C=O) groups is 1. The predicted molar refractivity (Wildman–Crippen MR) is 59.8 cm³/mol. The van der Waals surface area contributed by atoms with Crippen molar-refractivity contribution in [1.82, 2.24) is 4.90 Å². The first kappa shape index (κ1) is 12.0. The van der Waals surface area contributed by atoms with Crippen LogP contribution in [0.2, 0.25) is 0 Å². The smallest absolute Gasteiger partial charge is 0.407 e. The highest BCUT2D eigenvalue weighted by Crippen LogP contribution is 2.17. The molecule has 0 radical (unpaired) electrons. The summed E-state index contributed by atoms with van der Waals surface area (Å²) in [5.74, 6) is 0. The highest BCUT2D eigenvalue weighted by atomic mass is 79.9. The number of aliphatic hydroxyl groups excluding tert-OH is 1. The number of carboxylic acid groups (broad SMARTS) is 1. The van der Waals surface area contributed by atoms with E-state index in [4.69, 9.17) is 5.11 Å². The summed E-state index contributed by atoms with van der Waals surface area (Å²) >= 11 is 3.28. The van der Waals surface area contributed by atoms with Crippen LogP contribution in [-0.4, -0.2) is 34.8 Å². The number of benzene rings is 1. The minimum absolute atomic E-state index is 0.0664. The highest BCUT2D eigenvalue weighted by Gasteiger charge is 2.13. The molecule has 0 saturated heterocycles. The van der Waals surface area contributed by atoms with Gasteiger partial charge < -0.3 is 15.1 Å². The van der Waals surface area contributed by atoms with Crippen LogP contribution in [0.3, 0.4) is 0 Å². The molecular weight excluding hydrogens is 262 g/mol. The van der Waals surface area contributed by atoms with Gasteiger partial charge in [-0.05, 0) is 17.7 Å². The van der Waals surface area contributed by atoms with Crippen molar-refractivity contribution in [2.45, 2.75) is 6.10 Å². The molecule has 15 heavy (non-hydrogen) atoms.